The predicted molar refractivity (Wildman–Crippen MR) is 145 cm³/mol. The van der Waals surface area contributed by atoms with Gasteiger partial charge in [0.15, 0.2) is 0 Å². The molecular formula is C29H32N4O3. The third-order valence-corrected chi connectivity index (χ3v) is 6.40. The van der Waals surface area contributed by atoms with Crippen molar-refractivity contribution in [2.45, 2.75) is 0 Å². The summed E-state index contributed by atoms with van der Waals surface area (Å²) >= 11 is 0. The Morgan fingerprint density at radius 1 is 1.00 bits per heavy atom. The van der Waals surface area contributed by atoms with Crippen LogP contribution in [0.5, 0.6) is 11.5 Å². The number of hydrogen-bond acceptors (Lipinski definition) is 5. The molecule has 0 bridgehead atoms. The number of aryl methyl sites for hydroxylation is 1. The first-order valence-electron chi connectivity index (χ1n) is 12.3. The number of morpholine rings is 1. The van der Waals surface area contributed by atoms with Gasteiger partial charge in [0, 0.05) is 50.0 Å². The van der Waals surface area contributed by atoms with Crippen LogP contribution in [0.25, 0.3) is 35.2 Å². The lowest BCUT2D eigenvalue weighted by molar-refractivity contribution is 0.0322. The van der Waals surface area contributed by atoms with Crippen LogP contribution in [0.3, 0.4) is 0 Å². The van der Waals surface area contributed by atoms with E-state index in [4.69, 9.17) is 14.2 Å². The molecule has 0 unspecified atom stereocenters. The normalized spacial score (nSPS) is 14.8. The SMILES string of the molecule is COc1cc(OCCN2CCOCC2)ccc1/C=C/c1cc(/C=C/c2ccc3ccn(C)c3c2)n[nH]1. The maximum atomic E-state index is 5.95. The van der Waals surface area contributed by atoms with Crippen molar-refractivity contribution in [1.29, 1.82) is 0 Å². The zero-order valence-corrected chi connectivity index (χ0v) is 20.8. The molecule has 36 heavy (non-hydrogen) atoms. The van der Waals surface area contributed by atoms with Gasteiger partial charge in [0.2, 0.25) is 0 Å². The second kappa shape index (κ2) is 11.3. The van der Waals surface area contributed by atoms with Gasteiger partial charge in [-0.25, -0.2) is 0 Å². The fourth-order valence-electron chi connectivity index (χ4n) is 4.30. The first kappa shape index (κ1) is 23.9. The Balaban J connectivity index is 1.19. The highest BCUT2D eigenvalue weighted by Crippen LogP contribution is 2.26. The third kappa shape index (κ3) is 5.87. The second-order valence-corrected chi connectivity index (χ2v) is 8.87. The molecule has 4 aromatic rings. The van der Waals surface area contributed by atoms with Crippen LogP contribution < -0.4 is 9.47 Å². The van der Waals surface area contributed by atoms with E-state index in [0.29, 0.717) is 6.61 Å². The van der Waals surface area contributed by atoms with Crippen LogP contribution in [0, 0.1) is 0 Å². The fraction of sp³-hybridized carbons (Fsp3) is 0.276. The van der Waals surface area contributed by atoms with Crippen molar-refractivity contribution in [3.8, 4) is 11.5 Å². The Labute approximate surface area is 211 Å². The van der Waals surface area contributed by atoms with Gasteiger partial charge in [-0.2, -0.15) is 5.10 Å². The molecule has 7 nitrogen and oxygen atoms in total. The van der Waals surface area contributed by atoms with Crippen molar-refractivity contribution in [3.05, 3.63) is 77.2 Å². The number of methoxy groups -OCH3 is 1. The quantitative estimate of drug-likeness (QED) is 0.364. The van der Waals surface area contributed by atoms with Crippen LogP contribution in [0.15, 0.2) is 54.7 Å². The molecule has 2 aromatic carbocycles. The maximum Gasteiger partial charge on any atom is 0.129 e. The van der Waals surface area contributed by atoms with Gasteiger partial charge in [-0.3, -0.25) is 10.00 Å². The summed E-state index contributed by atoms with van der Waals surface area (Å²) in [6.45, 7) is 5.06. The molecule has 1 saturated heterocycles. The average Bonchev–Trinajstić information content (AvgIpc) is 3.53. The van der Waals surface area contributed by atoms with Crippen LogP contribution in [-0.4, -0.2) is 66.2 Å². The second-order valence-electron chi connectivity index (χ2n) is 8.87. The number of nitrogens with zero attached hydrogens (tertiary/aromatic N) is 3. The number of H-pyrrole nitrogens is 1. The molecule has 7 heteroatoms. The summed E-state index contributed by atoms with van der Waals surface area (Å²) in [7, 11) is 3.74. The van der Waals surface area contributed by atoms with E-state index in [1.807, 2.05) is 42.5 Å². The fourth-order valence-corrected chi connectivity index (χ4v) is 4.30. The van der Waals surface area contributed by atoms with Crippen LogP contribution in [0.4, 0.5) is 0 Å². The molecule has 2 aromatic heterocycles. The van der Waals surface area contributed by atoms with Crippen molar-refractivity contribution in [3.63, 3.8) is 0 Å². The number of ether oxygens (including phenoxy) is 3. The number of nitrogens with one attached hydrogen (secondary N) is 1. The highest BCUT2D eigenvalue weighted by Gasteiger charge is 2.10. The minimum Gasteiger partial charge on any atom is -0.496 e. The van der Waals surface area contributed by atoms with Crippen molar-refractivity contribution in [2.24, 2.45) is 7.05 Å². The molecule has 0 atom stereocenters. The summed E-state index contributed by atoms with van der Waals surface area (Å²) in [5.41, 5.74) is 5.12. The van der Waals surface area contributed by atoms with Gasteiger partial charge in [-0.15, -0.1) is 0 Å². The lowest BCUT2D eigenvalue weighted by atomic mass is 10.1. The van der Waals surface area contributed by atoms with Crippen LogP contribution in [0.1, 0.15) is 22.5 Å². The molecule has 3 heterocycles. The van der Waals surface area contributed by atoms with E-state index < -0.39 is 0 Å². The smallest absolute Gasteiger partial charge is 0.129 e. The molecule has 5 rings (SSSR count). The van der Waals surface area contributed by atoms with E-state index in [9.17, 15) is 0 Å². The van der Waals surface area contributed by atoms with Crippen molar-refractivity contribution in [2.75, 3.05) is 46.6 Å². The van der Waals surface area contributed by atoms with E-state index in [1.165, 1.54) is 10.9 Å². The lowest BCUT2D eigenvalue weighted by Crippen LogP contribution is -2.38. The molecule has 186 valence electrons. The summed E-state index contributed by atoms with van der Waals surface area (Å²) in [6, 6.07) is 16.5. The Kier molecular flexibility index (Phi) is 7.50. The summed E-state index contributed by atoms with van der Waals surface area (Å²) in [5.74, 6) is 1.57. The number of benzene rings is 2. The van der Waals surface area contributed by atoms with Crippen LogP contribution >= 0.6 is 0 Å². The van der Waals surface area contributed by atoms with E-state index in [2.05, 4.69) is 63.3 Å². The highest BCUT2D eigenvalue weighted by atomic mass is 16.5. The topological polar surface area (TPSA) is 64.5 Å². The van der Waals surface area contributed by atoms with Gasteiger partial charge in [0.25, 0.3) is 0 Å². The summed E-state index contributed by atoms with van der Waals surface area (Å²) in [5, 5.41) is 8.74. The largest absolute Gasteiger partial charge is 0.496 e. The Hall–Kier alpha value is -3.81. The van der Waals surface area contributed by atoms with E-state index in [0.717, 1.165) is 66.9 Å². The molecule has 0 amide bonds. The third-order valence-electron chi connectivity index (χ3n) is 6.40. The minimum atomic E-state index is 0.641. The average molecular weight is 485 g/mol. The van der Waals surface area contributed by atoms with Gasteiger partial charge in [-0.05, 0) is 59.5 Å². The van der Waals surface area contributed by atoms with Gasteiger partial charge in [-0.1, -0.05) is 18.2 Å². The molecule has 0 saturated carbocycles. The molecule has 0 aliphatic carbocycles. The Bertz CT molecular complexity index is 1360. The van der Waals surface area contributed by atoms with Gasteiger partial charge in [0.05, 0.1) is 31.7 Å². The summed E-state index contributed by atoms with van der Waals surface area (Å²) < 4.78 is 19.1. The van der Waals surface area contributed by atoms with Crippen molar-refractivity contribution < 1.29 is 14.2 Å². The molecule has 1 aliphatic heterocycles. The molecular weight excluding hydrogens is 452 g/mol. The number of hydrogen-bond donors (Lipinski definition) is 1. The van der Waals surface area contributed by atoms with Gasteiger partial charge in [0.1, 0.15) is 18.1 Å². The van der Waals surface area contributed by atoms with E-state index in [-0.39, 0.29) is 0 Å². The monoisotopic (exact) mass is 484 g/mol. The number of rotatable bonds is 9. The van der Waals surface area contributed by atoms with Crippen LogP contribution in [0.2, 0.25) is 0 Å². The van der Waals surface area contributed by atoms with E-state index >= 15 is 0 Å². The number of fused-ring (bicyclic) bond motifs is 1. The Morgan fingerprint density at radius 3 is 2.75 bits per heavy atom. The highest BCUT2D eigenvalue weighted by molar-refractivity contribution is 5.84. The van der Waals surface area contributed by atoms with Crippen molar-refractivity contribution in [1.82, 2.24) is 19.7 Å². The van der Waals surface area contributed by atoms with Gasteiger partial charge >= 0.3 is 0 Å². The Morgan fingerprint density at radius 2 is 1.89 bits per heavy atom. The molecule has 1 aliphatic rings. The molecule has 0 radical (unpaired) electrons. The lowest BCUT2D eigenvalue weighted by Gasteiger charge is -2.26. The zero-order valence-electron chi connectivity index (χ0n) is 20.8. The minimum absolute atomic E-state index is 0.641. The first-order chi connectivity index (χ1) is 17.7. The summed E-state index contributed by atoms with van der Waals surface area (Å²) in [6.07, 6.45) is 10.2. The maximum absolute atomic E-state index is 5.95. The molecule has 0 spiro atoms. The molecule has 1 N–H and O–H groups in total. The standard InChI is InChI=1S/C29H32N4O3/c1-32-12-11-23-5-3-22(19-28(23)32)4-8-25-20-26(31-30-25)9-6-24-7-10-27(21-29(24)34-2)36-18-15-33-13-16-35-17-14-33/h3-12,19-21H,13-18H2,1-2H3,(H,30,31)/b8-4+,9-6+. The van der Waals surface area contributed by atoms with Crippen LogP contribution in [-0.2, 0) is 11.8 Å². The molecule has 1 fully saturated rings. The number of aromatic nitrogens is 3. The first-order valence-corrected chi connectivity index (χ1v) is 12.3. The predicted octanol–water partition coefficient (Wildman–Crippen LogP) is 4.96. The van der Waals surface area contributed by atoms with Crippen molar-refractivity contribution >= 4 is 35.2 Å². The van der Waals surface area contributed by atoms with E-state index in [1.54, 1.807) is 7.11 Å². The summed E-state index contributed by atoms with van der Waals surface area (Å²) in [4.78, 5) is 2.35. The zero-order chi connectivity index (χ0) is 24.7. The van der Waals surface area contributed by atoms with Gasteiger partial charge < -0.3 is 18.8 Å². The number of aromatic amines is 1.